The van der Waals surface area contributed by atoms with E-state index in [2.05, 4.69) is 20.1 Å². The van der Waals surface area contributed by atoms with Gasteiger partial charge in [0.15, 0.2) is 0 Å². The Labute approximate surface area is 202 Å². The number of nitrogens with zero attached hydrogens (tertiary/aromatic N) is 3. The van der Waals surface area contributed by atoms with Crippen molar-refractivity contribution in [2.45, 2.75) is 32.2 Å². The standard InChI is InChI=1S/C26H35ClN4O2/c1-20-4-2-11-28-24(20)25(21-5-7-23(27)8-6-21)29-26(32)22-9-14-30(15-10-22)12-3-13-31-16-18-33-19-17-31/h2,4-8,11,22,25H,3,9-10,12-19H2,1H3,(H,29,32). The molecule has 6 nitrogen and oxygen atoms in total. The normalized spacial score (nSPS) is 19.3. The first-order chi connectivity index (χ1) is 16.1. The predicted molar refractivity (Wildman–Crippen MR) is 131 cm³/mol. The van der Waals surface area contributed by atoms with E-state index >= 15 is 0 Å². The largest absolute Gasteiger partial charge is 0.379 e. The van der Waals surface area contributed by atoms with Crippen LogP contribution in [0.2, 0.25) is 5.02 Å². The highest BCUT2D eigenvalue weighted by molar-refractivity contribution is 6.30. The molecule has 0 saturated carbocycles. The van der Waals surface area contributed by atoms with E-state index in [1.807, 2.05) is 43.3 Å². The van der Waals surface area contributed by atoms with Crippen molar-refractivity contribution in [2.75, 3.05) is 52.5 Å². The van der Waals surface area contributed by atoms with E-state index < -0.39 is 0 Å². The highest BCUT2D eigenvalue weighted by Gasteiger charge is 2.28. The molecular formula is C26H35ClN4O2. The van der Waals surface area contributed by atoms with Crippen molar-refractivity contribution in [3.05, 3.63) is 64.4 Å². The molecule has 0 radical (unpaired) electrons. The Hall–Kier alpha value is -1.99. The zero-order valence-electron chi connectivity index (χ0n) is 19.5. The number of carbonyl (C=O) groups is 1. The quantitative estimate of drug-likeness (QED) is 0.637. The fraction of sp³-hybridized carbons (Fsp3) is 0.538. The van der Waals surface area contributed by atoms with Gasteiger partial charge in [0.2, 0.25) is 5.91 Å². The second kappa shape index (κ2) is 11.9. The summed E-state index contributed by atoms with van der Waals surface area (Å²) < 4.78 is 5.43. The molecule has 1 atom stereocenters. The van der Waals surface area contributed by atoms with Gasteiger partial charge in [-0.2, -0.15) is 0 Å². The molecule has 0 bridgehead atoms. The Bertz CT molecular complexity index is 893. The molecule has 3 heterocycles. The maximum Gasteiger partial charge on any atom is 0.224 e. The highest BCUT2D eigenvalue weighted by Crippen LogP contribution is 2.26. The second-order valence-corrected chi connectivity index (χ2v) is 9.56. The van der Waals surface area contributed by atoms with Crippen molar-refractivity contribution in [3.63, 3.8) is 0 Å². The second-order valence-electron chi connectivity index (χ2n) is 9.12. The first-order valence-electron chi connectivity index (χ1n) is 12.1. The lowest BCUT2D eigenvalue weighted by Crippen LogP contribution is -2.43. The number of hydrogen-bond acceptors (Lipinski definition) is 5. The van der Waals surface area contributed by atoms with E-state index in [0.717, 1.165) is 82.1 Å². The molecule has 1 aromatic carbocycles. The molecule has 2 saturated heterocycles. The molecule has 2 aliphatic heterocycles. The van der Waals surface area contributed by atoms with Crippen LogP contribution >= 0.6 is 11.6 Å². The van der Waals surface area contributed by atoms with E-state index in [4.69, 9.17) is 16.3 Å². The number of nitrogens with one attached hydrogen (secondary N) is 1. The van der Waals surface area contributed by atoms with E-state index in [9.17, 15) is 4.79 Å². The number of pyridine rings is 1. The lowest BCUT2D eigenvalue weighted by Gasteiger charge is -2.33. The van der Waals surface area contributed by atoms with Crippen molar-refractivity contribution in [1.82, 2.24) is 20.1 Å². The Morgan fingerprint density at radius 2 is 1.76 bits per heavy atom. The summed E-state index contributed by atoms with van der Waals surface area (Å²) in [5.41, 5.74) is 2.94. The molecule has 2 aromatic rings. The molecule has 1 amide bonds. The lowest BCUT2D eigenvalue weighted by atomic mass is 9.93. The van der Waals surface area contributed by atoms with Crippen LogP contribution in [0.15, 0.2) is 42.6 Å². The molecule has 2 aliphatic rings. The van der Waals surface area contributed by atoms with Gasteiger partial charge in [-0.3, -0.25) is 14.7 Å². The third-order valence-corrected chi connectivity index (χ3v) is 7.08. The van der Waals surface area contributed by atoms with Gasteiger partial charge in [0.1, 0.15) is 0 Å². The van der Waals surface area contributed by atoms with Gasteiger partial charge in [-0.05, 0) is 81.7 Å². The van der Waals surface area contributed by atoms with Crippen LogP contribution in [0.3, 0.4) is 0 Å². The van der Waals surface area contributed by atoms with Crippen molar-refractivity contribution in [1.29, 1.82) is 0 Å². The Kier molecular flexibility index (Phi) is 8.73. The Balaban J connectivity index is 1.31. The van der Waals surface area contributed by atoms with Crippen molar-refractivity contribution in [2.24, 2.45) is 5.92 Å². The SMILES string of the molecule is Cc1cccnc1C(NC(=O)C1CCN(CCCN2CCOCC2)CC1)c1ccc(Cl)cc1. The van der Waals surface area contributed by atoms with E-state index in [1.54, 1.807) is 6.20 Å². The van der Waals surface area contributed by atoms with Crippen LogP contribution in [-0.4, -0.2) is 73.2 Å². The molecule has 1 aromatic heterocycles. The first kappa shape index (κ1) is 24.1. The average Bonchev–Trinajstić information content (AvgIpc) is 2.85. The van der Waals surface area contributed by atoms with E-state index in [1.165, 1.54) is 6.42 Å². The Morgan fingerprint density at radius 1 is 1.09 bits per heavy atom. The Morgan fingerprint density at radius 3 is 2.42 bits per heavy atom. The monoisotopic (exact) mass is 470 g/mol. The number of hydrogen-bond donors (Lipinski definition) is 1. The fourth-order valence-electron chi connectivity index (χ4n) is 4.79. The molecule has 7 heteroatoms. The van der Waals surface area contributed by atoms with Crippen LogP contribution in [-0.2, 0) is 9.53 Å². The fourth-order valence-corrected chi connectivity index (χ4v) is 4.91. The molecule has 4 rings (SSSR count). The van der Waals surface area contributed by atoms with Crippen LogP contribution in [0.5, 0.6) is 0 Å². The highest BCUT2D eigenvalue weighted by atomic mass is 35.5. The van der Waals surface area contributed by atoms with Crippen LogP contribution in [0.25, 0.3) is 0 Å². The third kappa shape index (κ3) is 6.76. The minimum absolute atomic E-state index is 0.0410. The summed E-state index contributed by atoms with van der Waals surface area (Å²) in [4.78, 5) is 22.8. The first-order valence-corrected chi connectivity index (χ1v) is 12.5. The van der Waals surface area contributed by atoms with Crippen molar-refractivity contribution in [3.8, 4) is 0 Å². The number of ether oxygens (including phenoxy) is 1. The van der Waals surface area contributed by atoms with Crippen molar-refractivity contribution >= 4 is 17.5 Å². The minimum atomic E-state index is -0.275. The van der Waals surface area contributed by atoms with Gasteiger partial charge >= 0.3 is 0 Å². The summed E-state index contributed by atoms with van der Waals surface area (Å²) in [7, 11) is 0. The number of benzene rings is 1. The molecule has 2 fully saturated rings. The van der Waals surface area contributed by atoms with Crippen LogP contribution in [0.1, 0.15) is 42.1 Å². The topological polar surface area (TPSA) is 57.7 Å². The number of carbonyl (C=O) groups excluding carboxylic acids is 1. The van der Waals surface area contributed by atoms with Crippen LogP contribution < -0.4 is 5.32 Å². The number of rotatable bonds is 8. The smallest absolute Gasteiger partial charge is 0.224 e. The zero-order chi connectivity index (χ0) is 23.0. The summed E-state index contributed by atoms with van der Waals surface area (Å²) in [5.74, 6) is 0.160. The van der Waals surface area contributed by atoms with E-state index in [-0.39, 0.29) is 17.9 Å². The number of piperidine rings is 1. The summed E-state index contributed by atoms with van der Waals surface area (Å²) in [6.45, 7) is 10.0. The number of aromatic nitrogens is 1. The third-order valence-electron chi connectivity index (χ3n) is 6.82. The molecular weight excluding hydrogens is 436 g/mol. The van der Waals surface area contributed by atoms with E-state index in [0.29, 0.717) is 5.02 Å². The number of aryl methyl sites for hydroxylation is 1. The molecule has 178 valence electrons. The predicted octanol–water partition coefficient (Wildman–Crippen LogP) is 3.68. The number of likely N-dealkylation sites (tertiary alicyclic amines) is 1. The summed E-state index contributed by atoms with van der Waals surface area (Å²) >= 11 is 6.10. The number of halogens is 1. The molecule has 1 N–H and O–H groups in total. The average molecular weight is 471 g/mol. The van der Waals surface area contributed by atoms with Crippen LogP contribution in [0, 0.1) is 12.8 Å². The summed E-state index contributed by atoms with van der Waals surface area (Å²) in [6, 6.07) is 11.4. The zero-order valence-corrected chi connectivity index (χ0v) is 20.3. The molecule has 0 aliphatic carbocycles. The van der Waals surface area contributed by atoms with Crippen molar-refractivity contribution < 1.29 is 9.53 Å². The maximum absolute atomic E-state index is 13.3. The van der Waals surface area contributed by atoms with Gasteiger partial charge in [0.25, 0.3) is 0 Å². The molecule has 33 heavy (non-hydrogen) atoms. The van der Waals surface area contributed by atoms with Gasteiger partial charge < -0.3 is 15.0 Å². The van der Waals surface area contributed by atoms with Gasteiger partial charge in [-0.1, -0.05) is 29.8 Å². The van der Waals surface area contributed by atoms with Crippen LogP contribution in [0.4, 0.5) is 0 Å². The number of morpholine rings is 1. The van der Waals surface area contributed by atoms with Gasteiger partial charge in [-0.25, -0.2) is 0 Å². The maximum atomic E-state index is 13.3. The summed E-state index contributed by atoms with van der Waals surface area (Å²) in [6.07, 6.45) is 4.76. The lowest BCUT2D eigenvalue weighted by molar-refractivity contribution is -0.127. The molecule has 0 spiro atoms. The van der Waals surface area contributed by atoms with Gasteiger partial charge in [0, 0.05) is 30.2 Å². The van der Waals surface area contributed by atoms with Gasteiger partial charge in [0.05, 0.1) is 24.9 Å². The minimum Gasteiger partial charge on any atom is -0.379 e. The summed E-state index contributed by atoms with van der Waals surface area (Å²) in [5, 5.41) is 3.98. The van der Waals surface area contributed by atoms with Gasteiger partial charge in [-0.15, -0.1) is 0 Å². The molecule has 1 unspecified atom stereocenters. The number of amides is 1.